The van der Waals surface area contributed by atoms with Gasteiger partial charge in [-0.3, -0.25) is 9.59 Å². The molecule has 1 atom stereocenters. The van der Waals surface area contributed by atoms with E-state index in [0.717, 1.165) is 54.7 Å². The molecule has 0 radical (unpaired) electrons. The summed E-state index contributed by atoms with van der Waals surface area (Å²) in [7, 11) is 0. The second kappa shape index (κ2) is 7.82. The van der Waals surface area contributed by atoms with Crippen LogP contribution in [-0.4, -0.2) is 65.4 Å². The van der Waals surface area contributed by atoms with E-state index in [1.54, 1.807) is 0 Å². The molecular weight excluding hydrogens is 364 g/mol. The summed E-state index contributed by atoms with van der Waals surface area (Å²) in [6.07, 6.45) is 2.19. The number of thiazole rings is 1. The van der Waals surface area contributed by atoms with Crippen LogP contribution in [0.15, 0.2) is 21.9 Å². The van der Waals surface area contributed by atoms with Gasteiger partial charge in [-0.05, 0) is 31.9 Å². The van der Waals surface area contributed by atoms with E-state index in [4.69, 9.17) is 4.42 Å². The lowest BCUT2D eigenvalue weighted by Crippen LogP contribution is -2.57. The van der Waals surface area contributed by atoms with Gasteiger partial charge in [0.1, 0.15) is 5.76 Å². The molecule has 1 unspecified atom stereocenters. The molecule has 2 aliphatic heterocycles. The van der Waals surface area contributed by atoms with Crippen LogP contribution in [-0.2, 0) is 16.0 Å². The Hall–Kier alpha value is -2.19. The molecule has 7 nitrogen and oxygen atoms in total. The van der Waals surface area contributed by atoms with Crippen LogP contribution in [0.2, 0.25) is 0 Å². The van der Waals surface area contributed by atoms with Crippen molar-refractivity contribution in [2.75, 3.05) is 32.7 Å². The fraction of sp³-hybridized carbons (Fsp3) is 0.526. The van der Waals surface area contributed by atoms with Crippen molar-refractivity contribution < 1.29 is 14.0 Å². The quantitative estimate of drug-likeness (QED) is 0.862. The van der Waals surface area contributed by atoms with Crippen molar-refractivity contribution in [3.8, 4) is 10.8 Å². The fourth-order valence-electron chi connectivity index (χ4n) is 3.76. The highest BCUT2D eigenvalue weighted by atomic mass is 32.1. The zero-order chi connectivity index (χ0) is 18.8. The number of nitrogens with zero attached hydrogens (tertiary/aromatic N) is 3. The maximum Gasteiger partial charge on any atom is 0.236 e. The number of amides is 2. The minimum absolute atomic E-state index is 0.0785. The standard InChI is InChI=1S/C19H24N4O3S/c1-13-4-5-16(26-13)19-21-14(12-27-19)9-17(24)22-7-2-3-15(11-22)23-8-6-20-10-18(23)25/h4-5,12,15,20H,2-3,6-11H2,1H3. The topological polar surface area (TPSA) is 78.7 Å². The number of hydrogen-bond donors (Lipinski definition) is 1. The Kier molecular flexibility index (Phi) is 5.27. The van der Waals surface area contributed by atoms with Crippen LogP contribution in [0.3, 0.4) is 0 Å². The predicted octanol–water partition coefficient (Wildman–Crippen LogP) is 1.68. The normalized spacial score (nSPS) is 20.9. The van der Waals surface area contributed by atoms with Crippen molar-refractivity contribution >= 4 is 23.2 Å². The monoisotopic (exact) mass is 388 g/mol. The van der Waals surface area contributed by atoms with Crippen LogP contribution in [0.5, 0.6) is 0 Å². The number of rotatable bonds is 4. The molecule has 4 heterocycles. The number of carbonyl (C=O) groups excluding carboxylic acids is 2. The molecule has 2 aliphatic rings. The minimum atomic E-state index is 0.0785. The molecule has 0 bridgehead atoms. The molecule has 0 aromatic carbocycles. The number of nitrogens with one attached hydrogen (secondary N) is 1. The van der Waals surface area contributed by atoms with Crippen molar-refractivity contribution in [2.24, 2.45) is 0 Å². The second-order valence-electron chi connectivity index (χ2n) is 7.13. The number of likely N-dealkylation sites (tertiary alicyclic amines) is 1. The largest absolute Gasteiger partial charge is 0.459 e. The van der Waals surface area contributed by atoms with Gasteiger partial charge >= 0.3 is 0 Å². The maximum absolute atomic E-state index is 12.8. The fourth-order valence-corrected chi connectivity index (χ4v) is 4.54. The van der Waals surface area contributed by atoms with Crippen molar-refractivity contribution in [3.63, 3.8) is 0 Å². The number of piperidine rings is 1. The lowest BCUT2D eigenvalue weighted by atomic mass is 10.0. The zero-order valence-electron chi connectivity index (χ0n) is 15.4. The maximum atomic E-state index is 12.8. The second-order valence-corrected chi connectivity index (χ2v) is 7.99. The van der Waals surface area contributed by atoms with Crippen molar-refractivity contribution in [1.29, 1.82) is 0 Å². The molecule has 2 aromatic heterocycles. The summed E-state index contributed by atoms with van der Waals surface area (Å²) in [5.74, 6) is 1.80. The Morgan fingerprint density at radius 3 is 3.07 bits per heavy atom. The van der Waals surface area contributed by atoms with Gasteiger partial charge in [-0.1, -0.05) is 0 Å². The molecule has 2 amide bonds. The highest BCUT2D eigenvalue weighted by Crippen LogP contribution is 2.26. The van der Waals surface area contributed by atoms with Gasteiger partial charge in [0.2, 0.25) is 11.8 Å². The summed E-state index contributed by atoms with van der Waals surface area (Å²) in [6, 6.07) is 3.95. The molecule has 4 rings (SSSR count). The van der Waals surface area contributed by atoms with Gasteiger partial charge in [-0.2, -0.15) is 0 Å². The van der Waals surface area contributed by atoms with E-state index in [1.165, 1.54) is 11.3 Å². The lowest BCUT2D eigenvalue weighted by Gasteiger charge is -2.41. The molecule has 8 heteroatoms. The van der Waals surface area contributed by atoms with Crippen molar-refractivity contribution in [1.82, 2.24) is 20.1 Å². The van der Waals surface area contributed by atoms with Crippen molar-refractivity contribution in [2.45, 2.75) is 32.2 Å². The third-order valence-electron chi connectivity index (χ3n) is 5.15. The molecule has 2 saturated heterocycles. The average molecular weight is 388 g/mol. The molecule has 2 fully saturated rings. The number of aryl methyl sites for hydroxylation is 1. The first-order chi connectivity index (χ1) is 13.1. The molecule has 27 heavy (non-hydrogen) atoms. The van der Waals surface area contributed by atoms with Crippen molar-refractivity contribution in [3.05, 3.63) is 29.0 Å². The summed E-state index contributed by atoms with van der Waals surface area (Å²) in [5, 5.41) is 5.82. The smallest absolute Gasteiger partial charge is 0.236 e. The summed E-state index contributed by atoms with van der Waals surface area (Å²) in [5.41, 5.74) is 0.773. The molecule has 0 saturated carbocycles. The van der Waals surface area contributed by atoms with E-state index < -0.39 is 0 Å². The highest BCUT2D eigenvalue weighted by molar-refractivity contribution is 7.13. The molecule has 0 aliphatic carbocycles. The van der Waals surface area contributed by atoms with Crippen LogP contribution in [0.25, 0.3) is 10.8 Å². The first kappa shape index (κ1) is 18.2. The minimum Gasteiger partial charge on any atom is -0.459 e. The van der Waals surface area contributed by atoms with Gasteiger partial charge in [0.25, 0.3) is 0 Å². The zero-order valence-corrected chi connectivity index (χ0v) is 16.3. The number of carbonyl (C=O) groups is 2. The Bertz CT molecular complexity index is 831. The first-order valence-electron chi connectivity index (χ1n) is 9.39. The number of hydrogen-bond acceptors (Lipinski definition) is 6. The molecular formula is C19H24N4O3S. The Morgan fingerprint density at radius 2 is 2.30 bits per heavy atom. The van der Waals surface area contributed by atoms with Gasteiger partial charge in [-0.25, -0.2) is 4.98 Å². The van der Waals surface area contributed by atoms with Crippen LogP contribution in [0.4, 0.5) is 0 Å². The summed E-state index contributed by atoms with van der Waals surface area (Å²) >= 11 is 1.49. The Morgan fingerprint density at radius 1 is 1.41 bits per heavy atom. The number of aromatic nitrogens is 1. The average Bonchev–Trinajstić information content (AvgIpc) is 3.31. The van der Waals surface area contributed by atoms with E-state index in [0.29, 0.717) is 19.5 Å². The third-order valence-corrected chi connectivity index (χ3v) is 6.06. The van der Waals surface area contributed by atoms with Gasteiger partial charge in [0, 0.05) is 37.6 Å². The van der Waals surface area contributed by atoms with Crippen LogP contribution in [0.1, 0.15) is 24.3 Å². The third kappa shape index (κ3) is 4.06. The van der Waals surface area contributed by atoms with Gasteiger partial charge in [0.05, 0.1) is 18.7 Å². The van der Waals surface area contributed by atoms with Crippen LogP contribution in [0, 0.1) is 6.92 Å². The summed E-state index contributed by atoms with van der Waals surface area (Å²) in [4.78, 5) is 33.3. The Labute approximate surface area is 162 Å². The highest BCUT2D eigenvalue weighted by Gasteiger charge is 2.31. The molecule has 144 valence electrons. The summed E-state index contributed by atoms with van der Waals surface area (Å²) < 4.78 is 5.61. The van der Waals surface area contributed by atoms with Crippen LogP contribution >= 0.6 is 11.3 Å². The van der Waals surface area contributed by atoms with E-state index >= 15 is 0 Å². The van der Waals surface area contributed by atoms with Crippen LogP contribution < -0.4 is 5.32 Å². The Balaban J connectivity index is 1.38. The van der Waals surface area contributed by atoms with E-state index in [-0.39, 0.29) is 17.9 Å². The lowest BCUT2D eigenvalue weighted by molar-refractivity contribution is -0.140. The van der Waals surface area contributed by atoms with E-state index in [1.807, 2.05) is 34.2 Å². The molecule has 2 aromatic rings. The van der Waals surface area contributed by atoms with Gasteiger partial charge in [-0.15, -0.1) is 11.3 Å². The predicted molar refractivity (Wildman–Crippen MR) is 102 cm³/mol. The SMILES string of the molecule is Cc1ccc(-c2nc(CC(=O)N3CCCC(N4CCNCC4=O)C3)cs2)o1. The van der Waals surface area contributed by atoms with E-state index in [2.05, 4.69) is 10.3 Å². The first-order valence-corrected chi connectivity index (χ1v) is 10.3. The molecule has 0 spiro atoms. The number of furan rings is 1. The number of piperazine rings is 1. The van der Waals surface area contributed by atoms with Gasteiger partial charge < -0.3 is 19.5 Å². The van der Waals surface area contributed by atoms with Gasteiger partial charge in [0.15, 0.2) is 10.8 Å². The van der Waals surface area contributed by atoms with E-state index in [9.17, 15) is 9.59 Å². The molecule has 1 N–H and O–H groups in total. The summed E-state index contributed by atoms with van der Waals surface area (Å²) in [6.45, 7) is 5.23.